The Labute approximate surface area is 155 Å². The van der Waals surface area contributed by atoms with E-state index in [1.54, 1.807) is 54.6 Å². The van der Waals surface area contributed by atoms with E-state index >= 15 is 0 Å². The number of carboxylic acid groups (broad SMARTS) is 1. The van der Waals surface area contributed by atoms with Gasteiger partial charge in [0.2, 0.25) is 0 Å². The van der Waals surface area contributed by atoms with Gasteiger partial charge in [-0.15, -0.1) is 0 Å². The van der Waals surface area contributed by atoms with Gasteiger partial charge in [0.05, 0.1) is 17.1 Å². The quantitative estimate of drug-likeness (QED) is 0.740. The van der Waals surface area contributed by atoms with Crippen molar-refractivity contribution in [2.75, 3.05) is 10.8 Å². The minimum absolute atomic E-state index is 0.110. The third-order valence-electron chi connectivity index (χ3n) is 4.62. The summed E-state index contributed by atoms with van der Waals surface area (Å²) in [5.74, 6) is -1.93. The summed E-state index contributed by atoms with van der Waals surface area (Å²) in [7, 11) is -3.95. The molecule has 0 amide bonds. The van der Waals surface area contributed by atoms with Gasteiger partial charge < -0.3 is 5.11 Å². The minimum Gasteiger partial charge on any atom is -0.481 e. The van der Waals surface area contributed by atoms with Crippen molar-refractivity contribution in [2.45, 2.75) is 10.8 Å². The lowest BCUT2D eigenvalue weighted by Crippen LogP contribution is -2.31. The Morgan fingerprint density at radius 1 is 1.00 bits per heavy atom. The second-order valence-corrected chi connectivity index (χ2v) is 8.31. The summed E-state index contributed by atoms with van der Waals surface area (Å²) < 4.78 is 27.9. The van der Waals surface area contributed by atoms with Crippen LogP contribution in [0.4, 0.5) is 5.69 Å². The van der Waals surface area contributed by atoms with Crippen LogP contribution in [0, 0.1) is 0 Å². The molecule has 3 aromatic rings. The van der Waals surface area contributed by atoms with Gasteiger partial charge in [0.25, 0.3) is 10.0 Å². The van der Waals surface area contributed by atoms with E-state index in [1.807, 2.05) is 0 Å². The van der Waals surface area contributed by atoms with Crippen molar-refractivity contribution in [3.05, 3.63) is 71.2 Å². The average molecular weight is 388 g/mol. The molecule has 3 aromatic carbocycles. The van der Waals surface area contributed by atoms with Crippen LogP contribution in [0.2, 0.25) is 5.02 Å². The Morgan fingerprint density at radius 2 is 1.69 bits per heavy atom. The molecule has 1 atom stereocenters. The van der Waals surface area contributed by atoms with Gasteiger partial charge in [0.15, 0.2) is 0 Å². The zero-order valence-electron chi connectivity index (χ0n) is 13.5. The van der Waals surface area contributed by atoms with Gasteiger partial charge in [-0.1, -0.05) is 54.1 Å². The van der Waals surface area contributed by atoms with Crippen molar-refractivity contribution in [3.8, 4) is 0 Å². The van der Waals surface area contributed by atoms with E-state index in [0.717, 1.165) is 0 Å². The number of hydrogen-bond donors (Lipinski definition) is 1. The standard InChI is InChI=1S/C19H14ClNO4S/c20-16-8-3-7-14-12(16)6-4-10-18(14)26(24,25)21-11-15(19(22)23)13-5-1-2-9-17(13)21/h1-10,15H,11H2,(H,22,23). The predicted octanol–water partition coefficient (Wildman–Crippen LogP) is 3.87. The van der Waals surface area contributed by atoms with Gasteiger partial charge in [-0.05, 0) is 23.8 Å². The van der Waals surface area contributed by atoms with Crippen molar-refractivity contribution >= 4 is 44.1 Å². The smallest absolute Gasteiger partial charge is 0.312 e. The number of nitrogens with zero attached hydrogens (tertiary/aromatic N) is 1. The summed E-state index contributed by atoms with van der Waals surface area (Å²) in [6, 6.07) is 16.7. The number of para-hydroxylation sites is 1. The van der Waals surface area contributed by atoms with E-state index in [0.29, 0.717) is 27.0 Å². The number of halogens is 1. The molecular formula is C19H14ClNO4S. The molecule has 132 valence electrons. The molecule has 26 heavy (non-hydrogen) atoms. The molecule has 0 saturated heterocycles. The zero-order valence-corrected chi connectivity index (χ0v) is 15.0. The van der Waals surface area contributed by atoms with Gasteiger partial charge in [0, 0.05) is 15.8 Å². The molecule has 0 aromatic heterocycles. The molecule has 7 heteroatoms. The van der Waals surface area contributed by atoms with E-state index in [-0.39, 0.29) is 11.4 Å². The maximum atomic E-state index is 13.4. The SMILES string of the molecule is O=C(O)C1CN(S(=O)(=O)c2cccc3c(Cl)cccc23)c2ccccc21. The lowest BCUT2D eigenvalue weighted by molar-refractivity contribution is -0.138. The first kappa shape index (κ1) is 16.9. The number of fused-ring (bicyclic) bond motifs is 2. The number of aliphatic carboxylic acids is 1. The van der Waals surface area contributed by atoms with Crippen molar-refractivity contribution in [3.63, 3.8) is 0 Å². The number of anilines is 1. The lowest BCUT2D eigenvalue weighted by Gasteiger charge is -2.21. The minimum atomic E-state index is -3.95. The highest BCUT2D eigenvalue weighted by molar-refractivity contribution is 7.93. The summed E-state index contributed by atoms with van der Waals surface area (Å²) in [5, 5.41) is 11.1. The van der Waals surface area contributed by atoms with Gasteiger partial charge in [0.1, 0.15) is 5.92 Å². The normalized spacial score (nSPS) is 16.7. The Morgan fingerprint density at radius 3 is 2.46 bits per heavy atom. The molecule has 0 spiro atoms. The lowest BCUT2D eigenvalue weighted by atomic mass is 10.0. The highest BCUT2D eigenvalue weighted by atomic mass is 35.5. The summed E-state index contributed by atoms with van der Waals surface area (Å²) in [6.07, 6.45) is 0. The molecule has 4 rings (SSSR count). The number of rotatable bonds is 3. The topological polar surface area (TPSA) is 74.7 Å². The molecule has 1 N–H and O–H groups in total. The van der Waals surface area contributed by atoms with Gasteiger partial charge in [-0.3, -0.25) is 9.10 Å². The average Bonchev–Trinajstić information content (AvgIpc) is 3.02. The van der Waals surface area contributed by atoms with Crippen LogP contribution in [0.3, 0.4) is 0 Å². The summed E-state index contributed by atoms with van der Waals surface area (Å²) >= 11 is 6.20. The molecule has 0 aliphatic carbocycles. The van der Waals surface area contributed by atoms with Gasteiger partial charge >= 0.3 is 5.97 Å². The van der Waals surface area contributed by atoms with E-state index in [2.05, 4.69) is 0 Å². The Balaban J connectivity index is 1.92. The van der Waals surface area contributed by atoms with Crippen LogP contribution in [0.1, 0.15) is 11.5 Å². The number of hydrogen-bond acceptors (Lipinski definition) is 3. The van der Waals surface area contributed by atoms with E-state index in [9.17, 15) is 18.3 Å². The molecule has 0 bridgehead atoms. The van der Waals surface area contributed by atoms with E-state index in [1.165, 1.54) is 10.4 Å². The molecule has 5 nitrogen and oxygen atoms in total. The van der Waals surface area contributed by atoms with Crippen LogP contribution < -0.4 is 4.31 Å². The molecule has 1 aliphatic rings. The van der Waals surface area contributed by atoms with Crippen LogP contribution >= 0.6 is 11.6 Å². The second-order valence-electron chi connectivity index (χ2n) is 6.08. The highest BCUT2D eigenvalue weighted by Crippen LogP contribution is 2.41. The van der Waals surface area contributed by atoms with Crippen molar-refractivity contribution < 1.29 is 18.3 Å². The first-order valence-electron chi connectivity index (χ1n) is 7.93. The van der Waals surface area contributed by atoms with E-state index < -0.39 is 21.9 Å². The maximum absolute atomic E-state index is 13.4. The van der Waals surface area contributed by atoms with Crippen molar-refractivity contribution in [2.24, 2.45) is 0 Å². The third-order valence-corrected chi connectivity index (χ3v) is 6.79. The Kier molecular flexibility index (Phi) is 3.89. The fraction of sp³-hybridized carbons (Fsp3) is 0.105. The molecule has 1 aliphatic heterocycles. The largest absolute Gasteiger partial charge is 0.481 e. The fourth-order valence-corrected chi connectivity index (χ4v) is 5.35. The van der Waals surface area contributed by atoms with Crippen LogP contribution in [-0.4, -0.2) is 26.0 Å². The van der Waals surface area contributed by atoms with Crippen LogP contribution in [0.15, 0.2) is 65.6 Å². The van der Waals surface area contributed by atoms with Crippen LogP contribution in [0.25, 0.3) is 10.8 Å². The first-order chi connectivity index (χ1) is 12.4. The summed E-state index contributed by atoms with van der Waals surface area (Å²) in [6.45, 7) is -0.131. The third kappa shape index (κ3) is 2.45. The molecule has 0 fully saturated rings. The maximum Gasteiger partial charge on any atom is 0.312 e. The molecular weight excluding hydrogens is 374 g/mol. The molecule has 1 unspecified atom stereocenters. The van der Waals surface area contributed by atoms with Gasteiger partial charge in [-0.2, -0.15) is 0 Å². The van der Waals surface area contributed by atoms with Crippen LogP contribution in [-0.2, 0) is 14.8 Å². The molecule has 0 radical (unpaired) electrons. The predicted molar refractivity (Wildman–Crippen MR) is 100 cm³/mol. The fourth-order valence-electron chi connectivity index (χ4n) is 3.40. The van der Waals surface area contributed by atoms with Crippen molar-refractivity contribution in [1.29, 1.82) is 0 Å². The summed E-state index contributed by atoms with van der Waals surface area (Å²) in [5.41, 5.74) is 0.903. The first-order valence-corrected chi connectivity index (χ1v) is 9.75. The highest BCUT2D eigenvalue weighted by Gasteiger charge is 2.40. The van der Waals surface area contributed by atoms with E-state index in [4.69, 9.17) is 11.6 Å². The number of carbonyl (C=O) groups is 1. The summed E-state index contributed by atoms with van der Waals surface area (Å²) in [4.78, 5) is 11.7. The van der Waals surface area contributed by atoms with Gasteiger partial charge in [-0.25, -0.2) is 8.42 Å². The number of sulfonamides is 1. The van der Waals surface area contributed by atoms with Crippen LogP contribution in [0.5, 0.6) is 0 Å². The number of carboxylic acids is 1. The monoisotopic (exact) mass is 387 g/mol. The number of benzene rings is 3. The second kappa shape index (κ2) is 6.00. The van der Waals surface area contributed by atoms with Crippen molar-refractivity contribution in [1.82, 2.24) is 0 Å². The molecule has 1 heterocycles. The Hall–Kier alpha value is -2.57. The Bertz CT molecular complexity index is 1140. The molecule has 0 saturated carbocycles. The zero-order chi connectivity index (χ0) is 18.5.